The summed E-state index contributed by atoms with van der Waals surface area (Å²) < 4.78 is 17.9. The Morgan fingerprint density at radius 1 is 0.889 bits per heavy atom. The number of rotatable bonds is 8. The molecule has 0 atom stereocenters. The molecule has 0 aliphatic carbocycles. The summed E-state index contributed by atoms with van der Waals surface area (Å²) in [4.78, 5) is 17.9. The van der Waals surface area contributed by atoms with E-state index in [2.05, 4.69) is 21.9 Å². The summed E-state index contributed by atoms with van der Waals surface area (Å²) in [7, 11) is 1.72. The van der Waals surface area contributed by atoms with Crippen LogP contribution < -0.4 is 15.1 Å². The van der Waals surface area contributed by atoms with Crippen molar-refractivity contribution in [2.24, 2.45) is 0 Å². The van der Waals surface area contributed by atoms with Crippen LogP contribution in [-0.4, -0.2) is 51.3 Å². The van der Waals surface area contributed by atoms with Crippen molar-refractivity contribution in [1.29, 1.82) is 0 Å². The largest absolute Gasteiger partial charge is 0.495 e. The average molecular weight is 485 g/mol. The van der Waals surface area contributed by atoms with Gasteiger partial charge in [0, 0.05) is 49.4 Å². The summed E-state index contributed by atoms with van der Waals surface area (Å²) in [5.74, 6) is 1.54. The monoisotopic (exact) mass is 484 g/mol. The molecule has 0 unspecified atom stereocenters. The van der Waals surface area contributed by atoms with Crippen LogP contribution in [0.2, 0.25) is 0 Å². The second-order valence-corrected chi connectivity index (χ2v) is 9.10. The van der Waals surface area contributed by atoms with Crippen molar-refractivity contribution in [3.05, 3.63) is 94.1 Å². The van der Waals surface area contributed by atoms with E-state index in [-0.39, 0.29) is 5.43 Å². The van der Waals surface area contributed by atoms with Crippen molar-refractivity contribution in [2.45, 2.75) is 13.5 Å². The lowest BCUT2D eigenvalue weighted by Crippen LogP contribution is -2.47. The molecule has 6 nitrogen and oxygen atoms in total. The van der Waals surface area contributed by atoms with Crippen molar-refractivity contribution in [1.82, 2.24) is 4.90 Å². The molecule has 2 heterocycles. The number of hydrogen-bond donors (Lipinski definition) is 0. The highest BCUT2D eigenvalue weighted by atomic mass is 16.5. The topological polar surface area (TPSA) is 55.2 Å². The average Bonchev–Trinajstić information content (AvgIpc) is 2.94. The predicted octanol–water partition coefficient (Wildman–Crippen LogP) is 5.12. The lowest BCUT2D eigenvalue weighted by atomic mass is 10.0. The first kappa shape index (κ1) is 24.1. The molecule has 3 aromatic carbocycles. The number of piperazine rings is 1. The minimum absolute atomic E-state index is 0.00451. The van der Waals surface area contributed by atoms with Gasteiger partial charge in [-0.3, -0.25) is 9.69 Å². The van der Waals surface area contributed by atoms with Crippen molar-refractivity contribution >= 4 is 16.7 Å². The van der Waals surface area contributed by atoms with Gasteiger partial charge in [-0.25, -0.2) is 0 Å². The minimum Gasteiger partial charge on any atom is -0.495 e. The molecule has 1 aromatic heterocycles. The zero-order chi connectivity index (χ0) is 24.9. The smallest absolute Gasteiger partial charge is 0.196 e. The number of nitrogens with zero attached hydrogens (tertiary/aromatic N) is 2. The van der Waals surface area contributed by atoms with Crippen molar-refractivity contribution in [2.75, 3.05) is 51.3 Å². The minimum atomic E-state index is 0.00451. The van der Waals surface area contributed by atoms with Crippen LogP contribution in [0, 0.1) is 6.92 Å². The Morgan fingerprint density at radius 3 is 2.42 bits per heavy atom. The van der Waals surface area contributed by atoms with E-state index in [0.717, 1.165) is 55.3 Å². The number of fused-ring (bicyclic) bond motifs is 1. The zero-order valence-corrected chi connectivity index (χ0v) is 20.9. The summed E-state index contributed by atoms with van der Waals surface area (Å²) in [5.41, 5.74) is 4.18. The summed E-state index contributed by atoms with van der Waals surface area (Å²) >= 11 is 0. The van der Waals surface area contributed by atoms with Gasteiger partial charge in [-0.15, -0.1) is 0 Å². The van der Waals surface area contributed by atoms with E-state index in [9.17, 15) is 4.79 Å². The Labute approximate surface area is 211 Å². The normalized spacial score (nSPS) is 14.3. The maximum absolute atomic E-state index is 13.1. The first-order valence-electron chi connectivity index (χ1n) is 12.4. The molecular weight excluding hydrogens is 452 g/mol. The molecule has 5 rings (SSSR count). The fraction of sp³-hybridized carbons (Fsp3) is 0.300. The summed E-state index contributed by atoms with van der Waals surface area (Å²) in [5, 5.41) is 0.598. The molecule has 6 heteroatoms. The first-order chi connectivity index (χ1) is 17.7. The summed E-state index contributed by atoms with van der Waals surface area (Å²) in [6.07, 6.45) is 0. The predicted molar refractivity (Wildman–Crippen MR) is 144 cm³/mol. The molecule has 186 valence electrons. The van der Waals surface area contributed by atoms with Crippen molar-refractivity contribution in [3.8, 4) is 17.1 Å². The number of para-hydroxylation sites is 3. The Bertz CT molecular complexity index is 1380. The Hall–Kier alpha value is -3.61. The first-order valence-corrected chi connectivity index (χ1v) is 12.4. The molecule has 1 saturated heterocycles. The number of ether oxygens (including phenoxy) is 2. The molecule has 1 aliphatic heterocycles. The van der Waals surface area contributed by atoms with Gasteiger partial charge in [-0.2, -0.15) is 0 Å². The lowest BCUT2D eigenvalue weighted by Gasteiger charge is -2.36. The van der Waals surface area contributed by atoms with Gasteiger partial charge >= 0.3 is 0 Å². The maximum Gasteiger partial charge on any atom is 0.196 e. The quantitative estimate of drug-likeness (QED) is 0.324. The third-order valence-electron chi connectivity index (χ3n) is 6.87. The second kappa shape index (κ2) is 11.0. The van der Waals surface area contributed by atoms with E-state index in [1.165, 1.54) is 0 Å². The van der Waals surface area contributed by atoms with Crippen LogP contribution in [-0.2, 0) is 11.3 Å². The number of hydrogen-bond acceptors (Lipinski definition) is 6. The van der Waals surface area contributed by atoms with E-state index in [1.54, 1.807) is 7.11 Å². The van der Waals surface area contributed by atoms with Crippen LogP contribution in [0.15, 0.2) is 82.0 Å². The lowest BCUT2D eigenvalue weighted by molar-refractivity contribution is 0.0908. The number of benzene rings is 3. The molecule has 36 heavy (non-hydrogen) atoms. The molecule has 1 fully saturated rings. The highest BCUT2D eigenvalue weighted by Crippen LogP contribution is 2.29. The SMILES string of the molecule is COc1ccccc1N1CCN(CCOCc2cccc3c(=O)c(C)c(-c4ccccc4)oc23)CC1. The van der Waals surface area contributed by atoms with Gasteiger partial charge in [0.2, 0.25) is 0 Å². The van der Waals surface area contributed by atoms with Crippen LogP contribution in [0.25, 0.3) is 22.3 Å². The molecule has 0 spiro atoms. The van der Waals surface area contributed by atoms with Gasteiger partial charge in [-0.05, 0) is 25.1 Å². The Morgan fingerprint density at radius 2 is 1.64 bits per heavy atom. The third kappa shape index (κ3) is 5.01. The highest BCUT2D eigenvalue weighted by molar-refractivity contribution is 5.83. The number of anilines is 1. The van der Waals surface area contributed by atoms with Crippen molar-refractivity contribution < 1.29 is 13.9 Å². The maximum atomic E-state index is 13.1. The van der Waals surface area contributed by atoms with E-state index in [4.69, 9.17) is 13.9 Å². The molecule has 4 aromatic rings. The number of methoxy groups -OCH3 is 1. The fourth-order valence-corrected chi connectivity index (χ4v) is 4.83. The van der Waals surface area contributed by atoms with Crippen LogP contribution in [0.1, 0.15) is 11.1 Å². The fourth-order valence-electron chi connectivity index (χ4n) is 4.83. The summed E-state index contributed by atoms with van der Waals surface area (Å²) in [6.45, 7) is 7.57. The third-order valence-corrected chi connectivity index (χ3v) is 6.87. The molecule has 0 amide bonds. The second-order valence-electron chi connectivity index (χ2n) is 9.10. The Kier molecular flexibility index (Phi) is 7.35. The standard InChI is InChI=1S/C30H32N2O4/c1-22-28(33)25-12-8-11-24(30(25)36-29(22)23-9-4-3-5-10-23)21-35-20-19-31-15-17-32(18-16-31)26-13-6-7-14-27(26)34-2/h3-14H,15-21H2,1-2H3. The molecule has 0 radical (unpaired) electrons. The van der Waals surface area contributed by atoms with Crippen LogP contribution >= 0.6 is 0 Å². The van der Waals surface area contributed by atoms with Gasteiger partial charge in [0.15, 0.2) is 5.43 Å². The van der Waals surface area contributed by atoms with E-state index in [1.807, 2.05) is 67.6 Å². The van der Waals surface area contributed by atoms with E-state index in [0.29, 0.717) is 35.5 Å². The van der Waals surface area contributed by atoms with Crippen molar-refractivity contribution in [3.63, 3.8) is 0 Å². The molecule has 0 N–H and O–H groups in total. The van der Waals surface area contributed by atoms with Crippen LogP contribution in [0.3, 0.4) is 0 Å². The van der Waals surface area contributed by atoms with Gasteiger partial charge in [0.1, 0.15) is 17.1 Å². The van der Waals surface area contributed by atoms with Crippen LogP contribution in [0.4, 0.5) is 5.69 Å². The van der Waals surface area contributed by atoms with Gasteiger partial charge in [-0.1, -0.05) is 54.6 Å². The Balaban J connectivity index is 1.20. The molecular formula is C30H32N2O4. The van der Waals surface area contributed by atoms with Gasteiger partial charge in [0.05, 0.1) is 31.4 Å². The van der Waals surface area contributed by atoms with Crippen LogP contribution in [0.5, 0.6) is 5.75 Å². The molecule has 0 saturated carbocycles. The van der Waals surface area contributed by atoms with E-state index >= 15 is 0 Å². The highest BCUT2D eigenvalue weighted by Gasteiger charge is 2.19. The molecule has 1 aliphatic rings. The van der Waals surface area contributed by atoms with Gasteiger partial charge in [0.25, 0.3) is 0 Å². The van der Waals surface area contributed by atoms with Gasteiger partial charge < -0.3 is 18.8 Å². The molecule has 0 bridgehead atoms. The zero-order valence-electron chi connectivity index (χ0n) is 20.9. The summed E-state index contributed by atoms with van der Waals surface area (Å²) in [6, 6.07) is 23.7. The van der Waals surface area contributed by atoms with E-state index < -0.39 is 0 Å².